The lowest BCUT2D eigenvalue weighted by Gasteiger charge is -2.30. The number of aliphatic carboxylic acids is 1. The molecule has 105 heavy (non-hydrogen) atoms. The molecule has 0 unspecified atom stereocenters. The summed E-state index contributed by atoms with van der Waals surface area (Å²) in [7, 11) is 8.87. The molecule has 0 aromatic heterocycles. The van der Waals surface area contributed by atoms with Crippen LogP contribution >= 0.6 is 0 Å². The molecule has 2 saturated carbocycles. The van der Waals surface area contributed by atoms with E-state index >= 15 is 0 Å². The summed E-state index contributed by atoms with van der Waals surface area (Å²) in [6.45, 7) is 4.01. The number of carbonyl (C=O) groups is 7. The van der Waals surface area contributed by atoms with E-state index in [9.17, 15) is 38.7 Å². The highest BCUT2D eigenvalue weighted by Gasteiger charge is 2.32. The molecule has 0 aliphatic heterocycles. The minimum Gasteiger partial charge on any atom is -0.496 e. The second-order valence-corrected chi connectivity index (χ2v) is 26.5. The van der Waals surface area contributed by atoms with Crippen molar-refractivity contribution in [2.75, 3.05) is 121 Å². The molecule has 2 fully saturated rings. The average Bonchev–Trinajstić information content (AvgIpc) is 0.813. The zero-order chi connectivity index (χ0) is 76.6. The number of benzene rings is 3. The van der Waals surface area contributed by atoms with Crippen molar-refractivity contribution in [3.05, 3.63) is 69.8 Å². The molecule has 6 amide bonds. The molecule has 0 bridgehead atoms. The zero-order valence-electron chi connectivity index (χ0n) is 61.6. The molecule has 2 aliphatic rings. The van der Waals surface area contributed by atoms with E-state index < -0.39 is 54.1 Å². The Labute approximate surface area is 615 Å². The molecule has 34 heteroatoms. The lowest BCUT2D eigenvalue weighted by Crippen LogP contribution is -2.44. The Morgan fingerprint density at radius 2 is 0.610 bits per heavy atom. The molecule has 34 nitrogen and oxygen atoms in total. The van der Waals surface area contributed by atoms with Crippen LogP contribution < -0.4 is 105 Å². The Morgan fingerprint density at radius 3 is 0.857 bits per heavy atom. The first-order valence-electron chi connectivity index (χ1n) is 36.2. The largest absolute Gasteiger partial charge is 0.496 e. The number of hydrogen-bond acceptors (Lipinski definition) is 19. The molecule has 0 spiro atoms. The molecule has 23 N–H and O–H groups in total. The van der Waals surface area contributed by atoms with Crippen LogP contribution in [0.4, 0.5) is 0 Å². The highest BCUT2D eigenvalue weighted by Crippen LogP contribution is 2.35. The number of rotatable bonds is 48. The number of carboxylic acid groups (broad SMARTS) is 1. The van der Waals surface area contributed by atoms with Gasteiger partial charge in [-0.05, 0) is 175 Å². The Hall–Kier alpha value is -10.2. The van der Waals surface area contributed by atoms with Crippen LogP contribution in [0.25, 0.3) is 0 Å². The lowest BCUT2D eigenvalue weighted by atomic mass is 9.90. The fraction of sp³-hybridized carbons (Fsp3) is 0.592. The minimum atomic E-state index is -1.31. The van der Waals surface area contributed by atoms with Crippen LogP contribution in [0.1, 0.15) is 191 Å². The second-order valence-electron chi connectivity index (χ2n) is 26.5. The lowest BCUT2D eigenvalue weighted by molar-refractivity contribution is -0.139. The second kappa shape index (κ2) is 46.5. The summed E-state index contributed by atoms with van der Waals surface area (Å²) in [6, 6.07) is 7.23. The van der Waals surface area contributed by atoms with E-state index in [2.05, 4.69) is 53.2 Å². The fourth-order valence-corrected chi connectivity index (χ4v) is 11.7. The van der Waals surface area contributed by atoms with Gasteiger partial charge in [0.1, 0.15) is 34.5 Å². The molecule has 2 aliphatic carbocycles. The van der Waals surface area contributed by atoms with Gasteiger partial charge >= 0.3 is 5.97 Å². The summed E-state index contributed by atoms with van der Waals surface area (Å²) in [6.07, 6.45) is 11.8. The van der Waals surface area contributed by atoms with Crippen molar-refractivity contribution in [3.63, 3.8) is 0 Å². The van der Waals surface area contributed by atoms with Crippen molar-refractivity contribution in [2.45, 2.75) is 153 Å². The van der Waals surface area contributed by atoms with Crippen LogP contribution in [0.15, 0.2) is 36.4 Å². The van der Waals surface area contributed by atoms with Crippen molar-refractivity contribution in [3.8, 4) is 34.5 Å². The zero-order valence-corrected chi connectivity index (χ0v) is 61.6. The van der Waals surface area contributed by atoms with E-state index in [0.717, 1.165) is 44.9 Å². The Balaban J connectivity index is 1.28. The van der Waals surface area contributed by atoms with E-state index in [0.29, 0.717) is 136 Å². The summed E-state index contributed by atoms with van der Waals surface area (Å²) in [5.41, 5.74) is 22.2. The van der Waals surface area contributed by atoms with Gasteiger partial charge in [0.05, 0.1) is 66.9 Å². The van der Waals surface area contributed by atoms with Crippen molar-refractivity contribution < 1.29 is 67.1 Å². The maximum atomic E-state index is 14.5. The Bertz CT molecular complexity index is 3360. The summed E-state index contributed by atoms with van der Waals surface area (Å²) in [5, 5.41) is 68.7. The number of guanidine groups is 4. The number of ether oxygens (including phenoxy) is 6. The predicted molar refractivity (Wildman–Crippen MR) is 400 cm³/mol. The summed E-state index contributed by atoms with van der Waals surface area (Å²) < 4.78 is 36.3. The van der Waals surface area contributed by atoms with Gasteiger partial charge in [-0.3, -0.25) is 50.4 Å². The van der Waals surface area contributed by atoms with Crippen molar-refractivity contribution in [1.29, 1.82) is 21.6 Å². The molecule has 0 atom stereocenters. The number of likely N-dealkylation sites (N-methyl/N-ethyl adjacent to an activating group) is 2. The van der Waals surface area contributed by atoms with Gasteiger partial charge in [0, 0.05) is 94.7 Å². The third-order valence-electron chi connectivity index (χ3n) is 17.3. The Morgan fingerprint density at radius 1 is 0.362 bits per heavy atom. The molecule has 3 aromatic rings. The normalized spacial score (nSPS) is 15.4. The number of carbonyl (C=O) groups excluding carboxylic acids is 6. The quantitative estimate of drug-likeness (QED) is 0.0219. The first kappa shape index (κ1) is 85.4. The van der Waals surface area contributed by atoms with E-state index in [1.807, 2.05) is 38.0 Å². The number of carboxylic acids is 1. The van der Waals surface area contributed by atoms with Crippen molar-refractivity contribution in [1.82, 2.24) is 63.0 Å². The van der Waals surface area contributed by atoms with Crippen LogP contribution in [0.3, 0.4) is 0 Å². The van der Waals surface area contributed by atoms with Crippen LogP contribution in [0.2, 0.25) is 0 Å². The third kappa shape index (κ3) is 32.1. The highest BCUT2D eigenvalue weighted by molar-refractivity contribution is 6.06. The van der Waals surface area contributed by atoms with Gasteiger partial charge in [-0.25, -0.2) is 4.79 Å². The molecule has 582 valence electrons. The van der Waals surface area contributed by atoms with Crippen LogP contribution in [0, 0.1) is 21.6 Å². The van der Waals surface area contributed by atoms with Crippen LogP contribution in [-0.4, -0.2) is 225 Å². The molecule has 0 saturated heterocycles. The van der Waals surface area contributed by atoms with Crippen LogP contribution in [0.5, 0.6) is 34.5 Å². The molecule has 3 aromatic carbocycles. The van der Waals surface area contributed by atoms with Gasteiger partial charge < -0.3 is 119 Å². The monoisotopic (exact) mass is 1470 g/mol. The third-order valence-corrected chi connectivity index (χ3v) is 17.3. The van der Waals surface area contributed by atoms with Gasteiger partial charge in [-0.15, -0.1) is 0 Å². The van der Waals surface area contributed by atoms with E-state index in [-0.39, 0.29) is 136 Å². The van der Waals surface area contributed by atoms with Gasteiger partial charge in [0.25, 0.3) is 35.4 Å². The SMILES string of the molecule is COc1cc(OCC(=O)O)c(C(=O)N[C@H]2CC[C@H](NC(=O)c3cc(C(=O)NCCN(C)C)c(OCCCCCNC(=N)N)cc3OCCCCCNC(=N)N)CC2)cc1C(=O)N[C@H]1CC[C@H](NC(=O)c2cc(C(=O)NCCN(C)C)c(OCCCCCNC(=N)N)cc2OCCCCCNC(=N)N)CC1. The standard InChI is InChI=1S/C71H114N20O14/c1-90(2)32-30-80-62(94)50-39-52(58(103-36-16-8-12-28-84-70(76)77)42-56(50)101-34-14-6-10-26-82-68(72)73)65(97)87-46-20-18-45(19-21-46)86-64(96)49-38-54(60(41-55(49)100-5)105-44-61(92)93)67(99)89-48-24-22-47(23-25-48)88-66(98)53-40-51(63(95)81-31-33-91(3)4)57(102-35-15-7-11-27-83-69(74)75)43-59(53)104-37-17-9-13-29-85-71(78)79/h38-43,45-48H,6-37,44H2,1-5H3,(H,80,94)(H,81,95)(H,86,96)(H,87,97)(H,88,98)(H,89,99)(H,92,93)(H4,72,73,82)(H4,74,75,83)(H4,76,77,84)(H4,78,79,85)/t45-,46-,47-,48-. The number of amides is 6. The smallest absolute Gasteiger partial charge is 0.341 e. The minimum absolute atomic E-state index is 0.0160. The molecule has 0 heterocycles. The maximum absolute atomic E-state index is 14.5. The number of nitrogens with one attached hydrogen (secondary N) is 14. The van der Waals surface area contributed by atoms with Gasteiger partial charge in [-0.1, -0.05) is 0 Å². The number of methoxy groups -OCH3 is 1. The van der Waals surface area contributed by atoms with Gasteiger partial charge in [0.15, 0.2) is 30.4 Å². The highest BCUT2D eigenvalue weighted by atomic mass is 16.5. The average molecular weight is 1470 g/mol. The van der Waals surface area contributed by atoms with Crippen molar-refractivity contribution >= 4 is 65.3 Å². The van der Waals surface area contributed by atoms with E-state index in [4.69, 9.17) is 73.0 Å². The molecule has 5 rings (SSSR count). The molecule has 0 radical (unpaired) electrons. The van der Waals surface area contributed by atoms with Crippen molar-refractivity contribution in [2.24, 2.45) is 22.9 Å². The summed E-state index contributed by atoms with van der Waals surface area (Å²) in [5.74, 6) is -4.05. The maximum Gasteiger partial charge on any atom is 0.341 e. The number of nitrogens with two attached hydrogens (primary N) is 4. The number of hydrogen-bond donors (Lipinski definition) is 19. The molecular weight excluding hydrogens is 1360 g/mol. The van der Waals surface area contributed by atoms with Gasteiger partial charge in [-0.2, -0.15) is 0 Å². The van der Waals surface area contributed by atoms with Crippen LogP contribution in [-0.2, 0) is 4.79 Å². The van der Waals surface area contributed by atoms with E-state index in [1.165, 1.54) is 31.4 Å². The number of unbranched alkanes of at least 4 members (excludes halogenated alkanes) is 8. The summed E-state index contributed by atoms with van der Waals surface area (Å²) >= 11 is 0. The first-order chi connectivity index (χ1) is 50.3. The predicted octanol–water partition coefficient (Wildman–Crippen LogP) is 2.81. The number of nitrogens with zero attached hydrogens (tertiary/aromatic N) is 2. The van der Waals surface area contributed by atoms with E-state index in [1.54, 1.807) is 12.1 Å². The topological polar surface area (TPSA) is 521 Å². The Kier molecular flexibility index (Phi) is 37.8. The fourth-order valence-electron chi connectivity index (χ4n) is 11.7. The summed E-state index contributed by atoms with van der Waals surface area (Å²) in [4.78, 5) is 101. The van der Waals surface area contributed by atoms with Gasteiger partial charge in [0.2, 0.25) is 0 Å². The molecular formula is C71H114N20O14. The first-order valence-corrected chi connectivity index (χ1v) is 36.2.